The summed E-state index contributed by atoms with van der Waals surface area (Å²) < 4.78 is 5.19. The maximum Gasteiger partial charge on any atom is 0.238 e. The molecule has 136 valence electrons. The number of benzene rings is 2. The molecule has 0 aliphatic carbocycles. The minimum atomic E-state index is -0.0729. The fourth-order valence-electron chi connectivity index (χ4n) is 2.87. The van der Waals surface area contributed by atoms with Gasteiger partial charge in [-0.1, -0.05) is 19.1 Å². The van der Waals surface area contributed by atoms with Gasteiger partial charge in [0, 0.05) is 17.8 Å². The van der Waals surface area contributed by atoms with E-state index in [2.05, 4.69) is 5.32 Å². The highest BCUT2D eigenvalue weighted by Gasteiger charge is 2.33. The van der Waals surface area contributed by atoms with Gasteiger partial charge in [0.05, 0.1) is 12.9 Å². The molecule has 1 heterocycles. The Morgan fingerprint density at radius 2 is 1.88 bits per heavy atom. The number of hydrogen-bond acceptors (Lipinski definition) is 4. The lowest BCUT2D eigenvalue weighted by Gasteiger charge is -2.24. The van der Waals surface area contributed by atoms with E-state index in [9.17, 15) is 9.59 Å². The Kier molecular flexibility index (Phi) is 5.83. The maximum atomic E-state index is 12.4. The summed E-state index contributed by atoms with van der Waals surface area (Å²) in [6.45, 7) is 1.98. The maximum absolute atomic E-state index is 12.4. The van der Waals surface area contributed by atoms with Gasteiger partial charge in [0.1, 0.15) is 11.1 Å². The zero-order chi connectivity index (χ0) is 18.5. The summed E-state index contributed by atoms with van der Waals surface area (Å²) in [6, 6.07) is 15.2. The Morgan fingerprint density at radius 1 is 1.19 bits per heavy atom. The smallest absolute Gasteiger partial charge is 0.238 e. The second-order valence-corrected chi connectivity index (χ2v) is 7.11. The molecule has 1 aliphatic rings. The SMILES string of the molecule is CCCC(=O)Nc1ccc([C@@H]2SCC(=O)N2c2ccc(OC)cc2)cc1. The van der Waals surface area contributed by atoms with Crippen LogP contribution in [0.5, 0.6) is 5.75 Å². The van der Waals surface area contributed by atoms with Crippen LogP contribution < -0.4 is 15.0 Å². The van der Waals surface area contributed by atoms with E-state index >= 15 is 0 Å². The van der Waals surface area contributed by atoms with Crippen LogP contribution in [-0.4, -0.2) is 24.7 Å². The fourth-order valence-corrected chi connectivity index (χ4v) is 4.05. The van der Waals surface area contributed by atoms with Crippen LogP contribution in [0.15, 0.2) is 48.5 Å². The van der Waals surface area contributed by atoms with Crippen molar-refractivity contribution in [2.45, 2.75) is 25.1 Å². The van der Waals surface area contributed by atoms with E-state index in [1.165, 1.54) is 0 Å². The van der Waals surface area contributed by atoms with Crippen molar-refractivity contribution < 1.29 is 14.3 Å². The second-order valence-electron chi connectivity index (χ2n) is 6.05. The van der Waals surface area contributed by atoms with Gasteiger partial charge in [0.25, 0.3) is 0 Å². The van der Waals surface area contributed by atoms with Gasteiger partial charge in [-0.2, -0.15) is 0 Å². The van der Waals surface area contributed by atoms with Gasteiger partial charge in [-0.25, -0.2) is 0 Å². The number of rotatable bonds is 6. The van der Waals surface area contributed by atoms with Gasteiger partial charge in [-0.15, -0.1) is 11.8 Å². The highest BCUT2D eigenvalue weighted by Crippen LogP contribution is 2.42. The van der Waals surface area contributed by atoms with Gasteiger partial charge in [-0.05, 0) is 48.4 Å². The number of nitrogens with zero attached hydrogens (tertiary/aromatic N) is 1. The van der Waals surface area contributed by atoms with Crippen LogP contribution in [0.25, 0.3) is 0 Å². The summed E-state index contributed by atoms with van der Waals surface area (Å²) in [5.41, 5.74) is 2.66. The molecule has 1 N–H and O–H groups in total. The Hall–Kier alpha value is -2.47. The molecular weight excluding hydrogens is 348 g/mol. The monoisotopic (exact) mass is 370 g/mol. The number of ether oxygens (including phenoxy) is 1. The molecule has 3 rings (SSSR count). The summed E-state index contributed by atoms with van der Waals surface area (Å²) in [6.07, 6.45) is 1.33. The Bertz CT molecular complexity index is 775. The quantitative estimate of drug-likeness (QED) is 0.827. The first kappa shape index (κ1) is 18.3. The number of carbonyl (C=O) groups is 2. The molecule has 0 radical (unpaired) electrons. The molecule has 0 spiro atoms. The summed E-state index contributed by atoms with van der Waals surface area (Å²) in [5, 5.41) is 2.81. The molecule has 26 heavy (non-hydrogen) atoms. The molecule has 2 aromatic carbocycles. The molecule has 2 amide bonds. The standard InChI is InChI=1S/C20H22N2O3S/c1-3-4-18(23)21-15-7-5-14(6-8-15)20-22(19(24)13-26-20)16-9-11-17(25-2)12-10-16/h5-12,20H,3-4,13H2,1-2H3,(H,21,23)/t20-/m0/s1. The Labute approximate surface area is 157 Å². The van der Waals surface area contributed by atoms with E-state index < -0.39 is 0 Å². The lowest BCUT2D eigenvalue weighted by Crippen LogP contribution is -2.27. The van der Waals surface area contributed by atoms with Crippen molar-refractivity contribution in [1.82, 2.24) is 0 Å². The zero-order valence-electron chi connectivity index (χ0n) is 14.9. The van der Waals surface area contributed by atoms with Crippen molar-refractivity contribution in [1.29, 1.82) is 0 Å². The van der Waals surface area contributed by atoms with Gasteiger partial charge in [0.2, 0.25) is 11.8 Å². The Morgan fingerprint density at radius 3 is 2.50 bits per heavy atom. The Balaban J connectivity index is 1.78. The third-order valence-corrected chi connectivity index (χ3v) is 5.39. The van der Waals surface area contributed by atoms with E-state index in [1.807, 2.05) is 60.4 Å². The van der Waals surface area contributed by atoms with E-state index in [0.29, 0.717) is 12.2 Å². The lowest BCUT2D eigenvalue weighted by molar-refractivity contribution is -0.116. The number of thioether (sulfide) groups is 1. The molecule has 1 atom stereocenters. The number of nitrogens with one attached hydrogen (secondary N) is 1. The van der Waals surface area contributed by atoms with Crippen molar-refractivity contribution in [3.8, 4) is 5.75 Å². The van der Waals surface area contributed by atoms with Gasteiger partial charge in [0.15, 0.2) is 0 Å². The van der Waals surface area contributed by atoms with Crippen LogP contribution >= 0.6 is 11.8 Å². The number of hydrogen-bond donors (Lipinski definition) is 1. The van der Waals surface area contributed by atoms with Crippen LogP contribution in [0.4, 0.5) is 11.4 Å². The third-order valence-electron chi connectivity index (χ3n) is 4.18. The van der Waals surface area contributed by atoms with Crippen LogP contribution in [0, 0.1) is 0 Å². The van der Waals surface area contributed by atoms with Crippen molar-refractivity contribution in [3.63, 3.8) is 0 Å². The first-order valence-corrected chi connectivity index (χ1v) is 9.64. The van der Waals surface area contributed by atoms with E-state index in [4.69, 9.17) is 4.74 Å². The molecule has 1 fully saturated rings. The van der Waals surface area contributed by atoms with Crippen molar-refractivity contribution in [3.05, 3.63) is 54.1 Å². The van der Waals surface area contributed by atoms with Crippen LogP contribution in [0.1, 0.15) is 30.7 Å². The highest BCUT2D eigenvalue weighted by atomic mass is 32.2. The summed E-state index contributed by atoms with van der Waals surface area (Å²) in [7, 11) is 1.62. The summed E-state index contributed by atoms with van der Waals surface area (Å²) in [5.74, 6) is 1.32. The molecule has 1 aliphatic heterocycles. The van der Waals surface area contributed by atoms with E-state index in [-0.39, 0.29) is 17.2 Å². The molecule has 0 saturated carbocycles. The average Bonchev–Trinajstić information content (AvgIpc) is 3.04. The minimum absolute atomic E-state index is 0.0190. The second kappa shape index (κ2) is 8.27. The number of anilines is 2. The first-order valence-electron chi connectivity index (χ1n) is 8.60. The van der Waals surface area contributed by atoms with E-state index in [0.717, 1.165) is 29.1 Å². The third kappa shape index (κ3) is 4.02. The molecule has 1 saturated heterocycles. The molecule has 2 aromatic rings. The van der Waals surface area contributed by atoms with Gasteiger partial charge >= 0.3 is 0 Å². The van der Waals surface area contributed by atoms with Crippen LogP contribution in [-0.2, 0) is 9.59 Å². The van der Waals surface area contributed by atoms with Crippen molar-refractivity contribution in [2.75, 3.05) is 23.1 Å². The summed E-state index contributed by atoms with van der Waals surface area (Å²) >= 11 is 1.60. The lowest BCUT2D eigenvalue weighted by atomic mass is 10.1. The van der Waals surface area contributed by atoms with Crippen molar-refractivity contribution >= 4 is 35.0 Å². The molecule has 0 aromatic heterocycles. The van der Waals surface area contributed by atoms with Crippen LogP contribution in [0.2, 0.25) is 0 Å². The van der Waals surface area contributed by atoms with Gasteiger partial charge in [-0.3, -0.25) is 14.5 Å². The molecule has 5 nitrogen and oxygen atoms in total. The molecular formula is C20H22N2O3S. The molecule has 6 heteroatoms. The predicted octanol–water partition coefficient (Wildman–Crippen LogP) is 4.21. The molecule has 0 unspecified atom stereocenters. The summed E-state index contributed by atoms with van der Waals surface area (Å²) in [4.78, 5) is 25.9. The average molecular weight is 370 g/mol. The topological polar surface area (TPSA) is 58.6 Å². The fraction of sp³-hybridized carbons (Fsp3) is 0.300. The zero-order valence-corrected chi connectivity index (χ0v) is 15.7. The number of carbonyl (C=O) groups excluding carboxylic acids is 2. The largest absolute Gasteiger partial charge is 0.497 e. The predicted molar refractivity (Wildman–Crippen MR) is 106 cm³/mol. The first-order chi connectivity index (χ1) is 12.6. The van der Waals surface area contributed by atoms with E-state index in [1.54, 1.807) is 18.9 Å². The van der Waals surface area contributed by atoms with Gasteiger partial charge < -0.3 is 10.1 Å². The van der Waals surface area contributed by atoms with Crippen molar-refractivity contribution in [2.24, 2.45) is 0 Å². The number of methoxy groups -OCH3 is 1. The minimum Gasteiger partial charge on any atom is -0.497 e. The number of amides is 2. The normalized spacial score (nSPS) is 16.6. The highest BCUT2D eigenvalue weighted by molar-refractivity contribution is 8.00. The van der Waals surface area contributed by atoms with Crippen LogP contribution in [0.3, 0.4) is 0 Å². The molecule has 0 bridgehead atoms.